The van der Waals surface area contributed by atoms with Crippen molar-refractivity contribution in [2.75, 3.05) is 37.3 Å². The van der Waals surface area contributed by atoms with Gasteiger partial charge in [0.25, 0.3) is 0 Å². The Hall–Kier alpha value is -1.56. The Labute approximate surface area is 113 Å². The van der Waals surface area contributed by atoms with Gasteiger partial charge < -0.3 is 20.7 Å². The zero-order chi connectivity index (χ0) is 13.2. The van der Waals surface area contributed by atoms with E-state index in [0.29, 0.717) is 30.0 Å². The van der Waals surface area contributed by atoms with Gasteiger partial charge in [-0.1, -0.05) is 0 Å². The van der Waals surface area contributed by atoms with Crippen LogP contribution in [0.1, 0.15) is 19.8 Å². The Morgan fingerprint density at radius 1 is 1.42 bits per heavy atom. The summed E-state index contributed by atoms with van der Waals surface area (Å²) in [5.41, 5.74) is 6.57. The molecule has 0 saturated carbocycles. The number of hydrogen-bond acceptors (Lipinski definition) is 6. The lowest BCUT2D eigenvalue weighted by atomic mass is 9.84. The molecule has 4 heterocycles. The van der Waals surface area contributed by atoms with Crippen molar-refractivity contribution in [2.45, 2.75) is 25.8 Å². The lowest BCUT2D eigenvalue weighted by Crippen LogP contribution is -2.53. The van der Waals surface area contributed by atoms with Crippen LogP contribution < -0.4 is 15.8 Å². The summed E-state index contributed by atoms with van der Waals surface area (Å²) in [6.45, 7) is 6.01. The van der Waals surface area contributed by atoms with E-state index in [2.05, 4.69) is 20.2 Å². The minimum absolute atomic E-state index is 0.439. The summed E-state index contributed by atoms with van der Waals surface area (Å²) in [5, 5.41) is 3.48. The van der Waals surface area contributed by atoms with E-state index in [9.17, 15) is 0 Å². The van der Waals surface area contributed by atoms with E-state index >= 15 is 0 Å². The number of fused-ring (bicyclic) bond motifs is 3. The molecule has 0 aromatic carbocycles. The summed E-state index contributed by atoms with van der Waals surface area (Å²) >= 11 is 0. The highest BCUT2D eigenvalue weighted by Gasteiger charge is 2.34. The predicted molar refractivity (Wildman–Crippen MR) is 74.2 cm³/mol. The number of hydrogen-bond donors (Lipinski definition) is 2. The lowest BCUT2D eigenvalue weighted by molar-refractivity contribution is 0.0974. The number of aromatic nitrogens is 2. The van der Waals surface area contributed by atoms with Crippen molar-refractivity contribution in [1.82, 2.24) is 14.9 Å². The van der Waals surface area contributed by atoms with Gasteiger partial charge in [0.2, 0.25) is 5.88 Å². The standard InChI is InChI=1S/C13H21N5O/c1-2-19-13-11(14)12(15-8-16-13)17-10-7-18-5-3-9(10)4-6-18/h8-10H,2-7,14H2,1H3,(H,15,16,17). The summed E-state index contributed by atoms with van der Waals surface area (Å²) in [7, 11) is 0. The summed E-state index contributed by atoms with van der Waals surface area (Å²) in [6.07, 6.45) is 4.03. The van der Waals surface area contributed by atoms with Crippen LogP contribution in [0.15, 0.2) is 6.33 Å². The number of nitrogens with one attached hydrogen (secondary N) is 1. The van der Waals surface area contributed by atoms with Gasteiger partial charge in [0.05, 0.1) is 6.61 Å². The van der Waals surface area contributed by atoms with Gasteiger partial charge in [-0.05, 0) is 38.8 Å². The van der Waals surface area contributed by atoms with Crippen molar-refractivity contribution in [3.8, 4) is 5.88 Å². The second-order valence-electron chi connectivity index (χ2n) is 5.26. The van der Waals surface area contributed by atoms with Crippen molar-refractivity contribution in [2.24, 2.45) is 5.92 Å². The number of ether oxygens (including phenoxy) is 1. The Bertz CT molecular complexity index is 445. The molecule has 3 saturated heterocycles. The van der Waals surface area contributed by atoms with E-state index in [4.69, 9.17) is 10.5 Å². The van der Waals surface area contributed by atoms with E-state index < -0.39 is 0 Å². The van der Waals surface area contributed by atoms with E-state index in [1.54, 1.807) is 0 Å². The van der Waals surface area contributed by atoms with Gasteiger partial charge in [0, 0.05) is 12.6 Å². The normalized spacial score (nSPS) is 29.2. The highest BCUT2D eigenvalue weighted by molar-refractivity contribution is 5.66. The molecule has 3 fully saturated rings. The summed E-state index contributed by atoms with van der Waals surface area (Å²) < 4.78 is 5.40. The predicted octanol–water partition coefficient (Wildman–Crippen LogP) is 0.964. The molecule has 1 unspecified atom stereocenters. The first-order chi connectivity index (χ1) is 9.28. The third kappa shape index (κ3) is 2.45. The van der Waals surface area contributed by atoms with Crippen LogP contribution in [-0.4, -0.2) is 47.2 Å². The Morgan fingerprint density at radius 3 is 2.84 bits per heavy atom. The molecule has 6 heteroatoms. The molecule has 2 bridgehead atoms. The molecular formula is C13H21N5O. The highest BCUT2D eigenvalue weighted by atomic mass is 16.5. The lowest BCUT2D eigenvalue weighted by Gasteiger charge is -2.45. The molecular weight excluding hydrogens is 242 g/mol. The summed E-state index contributed by atoms with van der Waals surface area (Å²) in [4.78, 5) is 10.8. The quantitative estimate of drug-likeness (QED) is 0.843. The highest BCUT2D eigenvalue weighted by Crippen LogP contribution is 2.32. The van der Waals surface area contributed by atoms with E-state index in [1.807, 2.05) is 6.92 Å². The van der Waals surface area contributed by atoms with Gasteiger partial charge in [-0.25, -0.2) is 4.98 Å². The average molecular weight is 263 g/mol. The second kappa shape index (κ2) is 5.21. The number of piperidine rings is 3. The number of rotatable bonds is 4. The van der Waals surface area contributed by atoms with Crippen LogP contribution in [0.3, 0.4) is 0 Å². The fourth-order valence-corrected chi connectivity index (χ4v) is 3.05. The molecule has 0 radical (unpaired) electrons. The first kappa shape index (κ1) is 12.5. The van der Waals surface area contributed by atoms with Gasteiger partial charge in [0.1, 0.15) is 12.0 Å². The third-order valence-electron chi connectivity index (χ3n) is 4.11. The van der Waals surface area contributed by atoms with Crippen LogP contribution in [0, 0.1) is 5.92 Å². The van der Waals surface area contributed by atoms with E-state index in [1.165, 1.54) is 32.3 Å². The molecule has 6 nitrogen and oxygen atoms in total. The van der Waals surface area contributed by atoms with Crippen LogP contribution in [0.2, 0.25) is 0 Å². The van der Waals surface area contributed by atoms with Gasteiger partial charge in [-0.3, -0.25) is 0 Å². The molecule has 1 aromatic rings. The monoisotopic (exact) mass is 263 g/mol. The largest absolute Gasteiger partial charge is 0.476 e. The number of nitrogens with zero attached hydrogens (tertiary/aromatic N) is 3. The maximum atomic E-state index is 6.06. The minimum Gasteiger partial charge on any atom is -0.476 e. The number of nitrogen functional groups attached to an aromatic ring is 1. The zero-order valence-corrected chi connectivity index (χ0v) is 11.3. The molecule has 3 N–H and O–H groups in total. The molecule has 3 aliphatic rings. The molecule has 4 rings (SSSR count). The molecule has 3 aliphatic heterocycles. The molecule has 1 atom stereocenters. The Morgan fingerprint density at radius 2 is 2.21 bits per heavy atom. The molecule has 104 valence electrons. The van der Waals surface area contributed by atoms with Crippen LogP contribution in [0.4, 0.5) is 11.5 Å². The maximum absolute atomic E-state index is 6.06. The van der Waals surface area contributed by atoms with Crippen molar-refractivity contribution < 1.29 is 4.74 Å². The van der Waals surface area contributed by atoms with Gasteiger partial charge >= 0.3 is 0 Å². The first-order valence-electron chi connectivity index (χ1n) is 7.00. The molecule has 0 spiro atoms. The fraction of sp³-hybridized carbons (Fsp3) is 0.692. The topological polar surface area (TPSA) is 76.3 Å². The van der Waals surface area contributed by atoms with E-state index in [0.717, 1.165) is 12.5 Å². The van der Waals surface area contributed by atoms with Crippen molar-refractivity contribution in [3.63, 3.8) is 0 Å². The number of anilines is 2. The van der Waals surface area contributed by atoms with Crippen LogP contribution in [-0.2, 0) is 0 Å². The maximum Gasteiger partial charge on any atom is 0.242 e. The number of nitrogens with two attached hydrogens (primary N) is 1. The van der Waals surface area contributed by atoms with Gasteiger partial charge in [-0.2, -0.15) is 4.98 Å². The van der Waals surface area contributed by atoms with Gasteiger partial charge in [-0.15, -0.1) is 0 Å². The van der Waals surface area contributed by atoms with Crippen LogP contribution >= 0.6 is 0 Å². The molecule has 19 heavy (non-hydrogen) atoms. The SMILES string of the molecule is CCOc1ncnc(NC2CN3CCC2CC3)c1N. The Balaban J connectivity index is 1.74. The summed E-state index contributed by atoms with van der Waals surface area (Å²) in [5.74, 6) is 1.91. The second-order valence-corrected chi connectivity index (χ2v) is 5.26. The van der Waals surface area contributed by atoms with Crippen LogP contribution in [0.25, 0.3) is 0 Å². The summed E-state index contributed by atoms with van der Waals surface area (Å²) in [6, 6.07) is 0.439. The van der Waals surface area contributed by atoms with Gasteiger partial charge in [0.15, 0.2) is 5.82 Å². The smallest absolute Gasteiger partial charge is 0.242 e. The third-order valence-corrected chi connectivity index (χ3v) is 4.11. The molecule has 0 aliphatic carbocycles. The Kier molecular flexibility index (Phi) is 3.42. The minimum atomic E-state index is 0.439. The first-order valence-corrected chi connectivity index (χ1v) is 7.00. The zero-order valence-electron chi connectivity index (χ0n) is 11.3. The molecule has 1 aromatic heterocycles. The van der Waals surface area contributed by atoms with Crippen molar-refractivity contribution >= 4 is 11.5 Å². The molecule has 0 amide bonds. The van der Waals surface area contributed by atoms with Crippen molar-refractivity contribution in [3.05, 3.63) is 6.33 Å². The van der Waals surface area contributed by atoms with Crippen molar-refractivity contribution in [1.29, 1.82) is 0 Å². The average Bonchev–Trinajstić information content (AvgIpc) is 2.45. The van der Waals surface area contributed by atoms with Crippen LogP contribution in [0.5, 0.6) is 5.88 Å². The van der Waals surface area contributed by atoms with E-state index in [-0.39, 0.29) is 0 Å². The fourth-order valence-electron chi connectivity index (χ4n) is 3.05.